The molecule has 6 heteroatoms. The van der Waals surface area contributed by atoms with Crippen LogP contribution in [0.15, 0.2) is 103 Å². The summed E-state index contributed by atoms with van der Waals surface area (Å²) in [4.78, 5) is 24.9. The average Bonchev–Trinajstić information content (AvgIpc) is 3.28. The van der Waals surface area contributed by atoms with Crippen LogP contribution in [0.3, 0.4) is 0 Å². The van der Waals surface area contributed by atoms with Crippen molar-refractivity contribution in [3.63, 3.8) is 0 Å². The van der Waals surface area contributed by atoms with Crippen molar-refractivity contribution in [2.75, 3.05) is 5.32 Å². The van der Waals surface area contributed by atoms with Gasteiger partial charge in [0.15, 0.2) is 0 Å². The van der Waals surface area contributed by atoms with Gasteiger partial charge in [0, 0.05) is 23.7 Å². The zero-order chi connectivity index (χ0) is 26.6. The Morgan fingerprint density at radius 3 is 2.11 bits per heavy atom. The van der Waals surface area contributed by atoms with Gasteiger partial charge in [-0.1, -0.05) is 72.3 Å². The molecule has 0 saturated carbocycles. The number of anilines is 1. The molecule has 0 fully saturated rings. The summed E-state index contributed by atoms with van der Waals surface area (Å²) in [7, 11) is 0. The summed E-state index contributed by atoms with van der Waals surface area (Å²) in [5.74, 6) is -0.298. The number of nitrogens with one attached hydrogen (secondary N) is 1. The number of hydrogen-bond donors (Lipinski definition) is 1. The Morgan fingerprint density at radius 1 is 0.763 bits per heavy atom. The van der Waals surface area contributed by atoms with Crippen LogP contribution in [0.4, 0.5) is 5.69 Å². The van der Waals surface area contributed by atoms with E-state index in [2.05, 4.69) is 5.32 Å². The van der Waals surface area contributed by atoms with Crippen molar-refractivity contribution in [1.82, 2.24) is 9.78 Å². The van der Waals surface area contributed by atoms with E-state index >= 15 is 0 Å². The smallest absolute Gasteiger partial charge is 0.309 e. The van der Waals surface area contributed by atoms with Crippen molar-refractivity contribution in [3.8, 4) is 34.0 Å². The lowest BCUT2D eigenvalue weighted by Gasteiger charge is -2.11. The minimum atomic E-state index is -0.442. The fourth-order valence-corrected chi connectivity index (χ4v) is 4.25. The summed E-state index contributed by atoms with van der Waals surface area (Å²) in [5, 5.41) is 7.86. The number of esters is 1. The van der Waals surface area contributed by atoms with Crippen LogP contribution in [0, 0.1) is 13.8 Å². The van der Waals surface area contributed by atoms with Gasteiger partial charge in [0.1, 0.15) is 5.69 Å². The molecule has 0 aliphatic rings. The summed E-state index contributed by atoms with van der Waals surface area (Å²) >= 11 is 0. The second-order valence-electron chi connectivity index (χ2n) is 9.14. The third kappa shape index (κ3) is 5.25. The van der Waals surface area contributed by atoms with E-state index in [0.717, 1.165) is 27.9 Å². The van der Waals surface area contributed by atoms with Crippen LogP contribution in [0.5, 0.6) is 5.88 Å². The molecule has 1 N–H and O–H groups in total. The highest BCUT2D eigenvalue weighted by Gasteiger charge is 2.24. The molecule has 188 valence electrons. The van der Waals surface area contributed by atoms with Gasteiger partial charge in [-0.3, -0.25) is 9.59 Å². The van der Waals surface area contributed by atoms with E-state index in [9.17, 15) is 9.59 Å². The van der Waals surface area contributed by atoms with Crippen molar-refractivity contribution in [2.24, 2.45) is 0 Å². The molecule has 4 aromatic carbocycles. The Balaban J connectivity index is 1.62. The summed E-state index contributed by atoms with van der Waals surface area (Å²) in [6, 6.07) is 32.4. The fourth-order valence-electron chi connectivity index (χ4n) is 4.25. The molecular formula is C32H27N3O3. The molecule has 0 unspecified atom stereocenters. The van der Waals surface area contributed by atoms with Gasteiger partial charge in [0.05, 0.1) is 11.3 Å². The molecule has 0 radical (unpaired) electrons. The van der Waals surface area contributed by atoms with Gasteiger partial charge in [0.2, 0.25) is 5.88 Å². The Bertz CT molecular complexity index is 1600. The lowest BCUT2D eigenvalue weighted by Crippen LogP contribution is -2.11. The van der Waals surface area contributed by atoms with Crippen molar-refractivity contribution in [3.05, 3.63) is 120 Å². The van der Waals surface area contributed by atoms with E-state index < -0.39 is 5.97 Å². The second kappa shape index (κ2) is 10.6. The molecule has 0 aliphatic heterocycles. The van der Waals surface area contributed by atoms with E-state index in [1.165, 1.54) is 6.92 Å². The summed E-state index contributed by atoms with van der Waals surface area (Å²) in [5.41, 5.74) is 7.27. The molecule has 0 aliphatic carbocycles. The van der Waals surface area contributed by atoms with Crippen LogP contribution in [0.1, 0.15) is 28.4 Å². The molecule has 5 rings (SSSR count). The first-order chi connectivity index (χ1) is 18.4. The number of nitrogens with zero attached hydrogens (tertiary/aromatic N) is 2. The van der Waals surface area contributed by atoms with Crippen molar-refractivity contribution >= 4 is 17.6 Å². The Labute approximate surface area is 221 Å². The summed E-state index contributed by atoms with van der Waals surface area (Å²) in [6.45, 7) is 5.41. The highest BCUT2D eigenvalue weighted by atomic mass is 16.5. The number of aryl methyl sites for hydroxylation is 2. The predicted molar refractivity (Wildman–Crippen MR) is 150 cm³/mol. The van der Waals surface area contributed by atoms with Crippen molar-refractivity contribution in [1.29, 1.82) is 0 Å². The number of carbonyl (C=O) groups excluding carboxylic acids is 2. The second-order valence-corrected chi connectivity index (χ2v) is 9.14. The topological polar surface area (TPSA) is 73.2 Å². The van der Waals surface area contributed by atoms with E-state index in [-0.39, 0.29) is 5.91 Å². The van der Waals surface area contributed by atoms with E-state index in [1.54, 1.807) is 16.8 Å². The molecule has 0 atom stereocenters. The maximum atomic E-state index is 12.6. The highest BCUT2D eigenvalue weighted by molar-refractivity contribution is 6.04. The Kier molecular flexibility index (Phi) is 6.87. The number of benzene rings is 4. The molecule has 1 heterocycles. The minimum Gasteiger partial charge on any atom is -0.407 e. The van der Waals surface area contributed by atoms with Gasteiger partial charge >= 0.3 is 5.97 Å². The first-order valence-electron chi connectivity index (χ1n) is 12.3. The third-order valence-corrected chi connectivity index (χ3v) is 6.12. The number of hydrogen-bond acceptors (Lipinski definition) is 4. The molecule has 6 nitrogen and oxygen atoms in total. The lowest BCUT2D eigenvalue weighted by atomic mass is 10.00. The van der Waals surface area contributed by atoms with Crippen molar-refractivity contribution in [2.45, 2.75) is 20.8 Å². The van der Waals surface area contributed by atoms with Crippen molar-refractivity contribution < 1.29 is 14.3 Å². The van der Waals surface area contributed by atoms with Crippen LogP contribution in [-0.2, 0) is 4.79 Å². The predicted octanol–water partition coefficient (Wildman–Crippen LogP) is 7.00. The van der Waals surface area contributed by atoms with Gasteiger partial charge in [-0.05, 0) is 61.4 Å². The molecule has 0 spiro atoms. The largest absolute Gasteiger partial charge is 0.407 e. The first kappa shape index (κ1) is 24.7. The average molecular weight is 502 g/mol. The number of carbonyl (C=O) groups is 2. The monoisotopic (exact) mass is 501 g/mol. The molecule has 38 heavy (non-hydrogen) atoms. The molecule has 1 amide bonds. The SMILES string of the molecule is CC(=O)Oc1c(-c2ccc(NC(=O)c3ccccc3)cc2)c(-c2ccc(C)cc2)nn1-c1cccc(C)c1. The number of rotatable bonds is 6. The zero-order valence-corrected chi connectivity index (χ0v) is 21.4. The van der Waals surface area contributed by atoms with Gasteiger partial charge in [-0.2, -0.15) is 9.78 Å². The van der Waals surface area contributed by atoms with Gasteiger partial charge in [-0.25, -0.2) is 0 Å². The standard InChI is InChI=1S/C32H27N3O3/c1-21-12-14-25(15-13-21)30-29(32(38-23(3)36)35(34-30)28-11-7-8-22(2)20-28)24-16-18-27(19-17-24)33-31(37)26-9-5-4-6-10-26/h4-20H,1-3H3,(H,33,37). The van der Waals surface area contributed by atoms with Crippen LogP contribution in [0.2, 0.25) is 0 Å². The zero-order valence-electron chi connectivity index (χ0n) is 21.4. The molecule has 5 aromatic rings. The maximum absolute atomic E-state index is 12.6. The molecule has 1 aromatic heterocycles. The van der Waals surface area contributed by atoms with E-state index in [0.29, 0.717) is 28.4 Å². The third-order valence-electron chi connectivity index (χ3n) is 6.12. The first-order valence-corrected chi connectivity index (χ1v) is 12.3. The fraction of sp³-hybridized carbons (Fsp3) is 0.0938. The number of amides is 1. The maximum Gasteiger partial charge on any atom is 0.309 e. The Morgan fingerprint density at radius 2 is 1.45 bits per heavy atom. The van der Waals surface area contributed by atoms with Crippen LogP contribution >= 0.6 is 0 Å². The van der Waals surface area contributed by atoms with Gasteiger partial charge in [-0.15, -0.1) is 0 Å². The number of ether oxygens (including phenoxy) is 1. The number of aromatic nitrogens is 2. The van der Waals surface area contributed by atoms with Crippen LogP contribution < -0.4 is 10.1 Å². The molecule has 0 bridgehead atoms. The normalized spacial score (nSPS) is 10.7. The highest BCUT2D eigenvalue weighted by Crippen LogP contribution is 2.41. The van der Waals surface area contributed by atoms with Gasteiger partial charge < -0.3 is 10.1 Å². The Hall–Kier alpha value is -4.97. The van der Waals surface area contributed by atoms with Crippen LogP contribution in [0.25, 0.3) is 28.1 Å². The minimum absolute atomic E-state index is 0.188. The van der Waals surface area contributed by atoms with E-state index in [1.807, 2.05) is 105 Å². The molecule has 0 saturated heterocycles. The molecular weight excluding hydrogens is 474 g/mol. The lowest BCUT2D eigenvalue weighted by molar-refractivity contribution is -0.132. The van der Waals surface area contributed by atoms with E-state index in [4.69, 9.17) is 9.84 Å². The summed E-state index contributed by atoms with van der Waals surface area (Å²) in [6.07, 6.45) is 0. The quantitative estimate of drug-likeness (QED) is 0.254. The summed E-state index contributed by atoms with van der Waals surface area (Å²) < 4.78 is 7.47. The van der Waals surface area contributed by atoms with Crippen LogP contribution in [-0.4, -0.2) is 21.7 Å². The van der Waals surface area contributed by atoms with Gasteiger partial charge in [0.25, 0.3) is 5.91 Å².